The molecule has 0 heterocycles. The van der Waals surface area contributed by atoms with Crippen LogP contribution < -0.4 is 4.72 Å². The number of hydrogen-bond acceptors (Lipinski definition) is 5. The van der Waals surface area contributed by atoms with E-state index in [-0.39, 0.29) is 23.6 Å². The van der Waals surface area contributed by atoms with Crippen molar-refractivity contribution in [2.75, 3.05) is 27.4 Å². The predicted molar refractivity (Wildman–Crippen MR) is 71.3 cm³/mol. The molecule has 1 aromatic carbocycles. The molecule has 1 aromatic rings. The Kier molecular flexibility index (Phi) is 6.08. The molecule has 1 unspecified atom stereocenters. The summed E-state index contributed by atoms with van der Waals surface area (Å²) >= 11 is 0. The first-order valence-electron chi connectivity index (χ1n) is 5.75. The standard InChI is InChI=1S/C12H17NO6S/c1-18-8-10(19-2)7-13-20(16,17)11-5-3-4-9(6-11)12(14)15/h3-6,10,13H,7-8H2,1-2H3,(H,14,15). The molecule has 0 bridgehead atoms. The van der Waals surface area contributed by atoms with Crippen LogP contribution in [-0.2, 0) is 19.5 Å². The molecular weight excluding hydrogens is 286 g/mol. The molecule has 7 nitrogen and oxygen atoms in total. The second-order valence-electron chi connectivity index (χ2n) is 4.00. The Morgan fingerprint density at radius 2 is 2.10 bits per heavy atom. The van der Waals surface area contributed by atoms with Gasteiger partial charge in [0.1, 0.15) is 0 Å². The first-order valence-corrected chi connectivity index (χ1v) is 7.23. The van der Waals surface area contributed by atoms with E-state index in [0.717, 1.165) is 6.07 Å². The number of sulfonamides is 1. The number of carboxylic acid groups (broad SMARTS) is 1. The first-order chi connectivity index (χ1) is 9.40. The van der Waals surface area contributed by atoms with E-state index < -0.39 is 22.1 Å². The summed E-state index contributed by atoms with van der Waals surface area (Å²) in [4.78, 5) is 10.7. The molecule has 0 radical (unpaired) electrons. The van der Waals surface area contributed by atoms with Gasteiger partial charge in [-0.15, -0.1) is 0 Å². The zero-order chi connectivity index (χ0) is 15.2. The van der Waals surface area contributed by atoms with Gasteiger partial charge in [0, 0.05) is 20.8 Å². The van der Waals surface area contributed by atoms with Crippen LogP contribution in [0.3, 0.4) is 0 Å². The minimum Gasteiger partial charge on any atom is -0.478 e. The van der Waals surface area contributed by atoms with E-state index in [1.807, 2.05) is 0 Å². The SMILES string of the molecule is COCC(CNS(=O)(=O)c1cccc(C(=O)O)c1)OC. The summed E-state index contributed by atoms with van der Waals surface area (Å²) in [6.07, 6.45) is -0.419. The highest BCUT2D eigenvalue weighted by atomic mass is 32.2. The summed E-state index contributed by atoms with van der Waals surface area (Å²) < 4.78 is 36.3. The molecule has 0 saturated carbocycles. The smallest absolute Gasteiger partial charge is 0.335 e. The van der Waals surface area contributed by atoms with Gasteiger partial charge < -0.3 is 14.6 Å². The van der Waals surface area contributed by atoms with Crippen LogP contribution in [0.15, 0.2) is 29.2 Å². The Labute approximate surface area is 117 Å². The van der Waals surface area contributed by atoms with Crippen molar-refractivity contribution >= 4 is 16.0 Å². The molecule has 0 aliphatic carbocycles. The molecular formula is C12H17NO6S. The van der Waals surface area contributed by atoms with Gasteiger partial charge >= 0.3 is 5.97 Å². The number of methoxy groups -OCH3 is 2. The van der Waals surface area contributed by atoms with Crippen molar-refractivity contribution in [2.24, 2.45) is 0 Å². The zero-order valence-corrected chi connectivity index (χ0v) is 12.0. The van der Waals surface area contributed by atoms with E-state index in [0.29, 0.717) is 0 Å². The maximum Gasteiger partial charge on any atom is 0.335 e. The van der Waals surface area contributed by atoms with Crippen molar-refractivity contribution < 1.29 is 27.8 Å². The van der Waals surface area contributed by atoms with E-state index in [4.69, 9.17) is 14.6 Å². The number of ether oxygens (including phenoxy) is 2. The monoisotopic (exact) mass is 303 g/mol. The molecule has 8 heteroatoms. The van der Waals surface area contributed by atoms with Gasteiger partial charge in [0.05, 0.1) is 23.2 Å². The van der Waals surface area contributed by atoms with Crippen molar-refractivity contribution in [3.63, 3.8) is 0 Å². The normalized spacial score (nSPS) is 13.1. The van der Waals surface area contributed by atoms with E-state index in [2.05, 4.69) is 4.72 Å². The van der Waals surface area contributed by atoms with Crippen molar-refractivity contribution in [1.82, 2.24) is 4.72 Å². The summed E-state index contributed by atoms with van der Waals surface area (Å²) in [5.41, 5.74) is -0.0898. The molecule has 0 aliphatic heterocycles. The first kappa shape index (κ1) is 16.6. The molecule has 112 valence electrons. The number of rotatable bonds is 8. The van der Waals surface area contributed by atoms with Crippen LogP contribution in [0.2, 0.25) is 0 Å². The molecule has 1 rings (SSSR count). The second kappa shape index (κ2) is 7.34. The quantitative estimate of drug-likeness (QED) is 0.717. The number of hydrogen-bond donors (Lipinski definition) is 2. The molecule has 0 aromatic heterocycles. The Morgan fingerprint density at radius 3 is 2.65 bits per heavy atom. The highest BCUT2D eigenvalue weighted by Gasteiger charge is 2.18. The number of nitrogens with one attached hydrogen (secondary N) is 1. The van der Waals surface area contributed by atoms with Crippen molar-refractivity contribution in [1.29, 1.82) is 0 Å². The Bertz CT molecular complexity index is 557. The predicted octanol–water partition coefficient (Wildman–Crippen LogP) is 0.324. The molecule has 0 spiro atoms. The summed E-state index contributed by atoms with van der Waals surface area (Å²) in [6, 6.07) is 5.13. The van der Waals surface area contributed by atoms with Gasteiger partial charge in [0.2, 0.25) is 10.0 Å². The van der Waals surface area contributed by atoms with E-state index >= 15 is 0 Å². The van der Waals surface area contributed by atoms with Crippen LogP contribution in [0.5, 0.6) is 0 Å². The third kappa shape index (κ3) is 4.57. The average molecular weight is 303 g/mol. The van der Waals surface area contributed by atoms with Gasteiger partial charge in [-0.2, -0.15) is 0 Å². The highest BCUT2D eigenvalue weighted by Crippen LogP contribution is 2.11. The van der Waals surface area contributed by atoms with Crippen molar-refractivity contribution in [3.05, 3.63) is 29.8 Å². The lowest BCUT2D eigenvalue weighted by molar-refractivity contribution is 0.0320. The molecule has 0 amide bonds. The fourth-order valence-electron chi connectivity index (χ4n) is 1.48. The van der Waals surface area contributed by atoms with Gasteiger partial charge in [-0.05, 0) is 18.2 Å². The topological polar surface area (TPSA) is 102 Å². The van der Waals surface area contributed by atoms with Crippen molar-refractivity contribution in [3.8, 4) is 0 Å². The fourth-order valence-corrected chi connectivity index (χ4v) is 2.59. The van der Waals surface area contributed by atoms with Crippen molar-refractivity contribution in [2.45, 2.75) is 11.0 Å². The van der Waals surface area contributed by atoms with Crippen LogP contribution in [-0.4, -0.2) is 53.0 Å². The zero-order valence-electron chi connectivity index (χ0n) is 11.2. The van der Waals surface area contributed by atoms with E-state index in [1.54, 1.807) is 0 Å². The molecule has 0 aliphatic rings. The average Bonchev–Trinajstić information content (AvgIpc) is 2.43. The van der Waals surface area contributed by atoms with Gasteiger partial charge in [-0.25, -0.2) is 17.9 Å². The highest BCUT2D eigenvalue weighted by molar-refractivity contribution is 7.89. The van der Waals surface area contributed by atoms with Gasteiger partial charge in [0.15, 0.2) is 0 Å². The lowest BCUT2D eigenvalue weighted by atomic mass is 10.2. The molecule has 20 heavy (non-hydrogen) atoms. The van der Waals surface area contributed by atoms with Gasteiger partial charge in [-0.3, -0.25) is 0 Å². The minimum atomic E-state index is -3.79. The Balaban J connectivity index is 2.83. The van der Waals surface area contributed by atoms with Gasteiger partial charge in [0.25, 0.3) is 0 Å². The van der Waals surface area contributed by atoms with Crippen LogP contribution >= 0.6 is 0 Å². The second-order valence-corrected chi connectivity index (χ2v) is 5.76. The molecule has 0 saturated heterocycles. The largest absolute Gasteiger partial charge is 0.478 e. The van der Waals surface area contributed by atoms with Crippen LogP contribution in [0, 0.1) is 0 Å². The summed E-state index contributed by atoms with van der Waals surface area (Å²) in [7, 11) is -0.858. The van der Waals surface area contributed by atoms with E-state index in [9.17, 15) is 13.2 Å². The Morgan fingerprint density at radius 1 is 1.40 bits per heavy atom. The Hall–Kier alpha value is -1.48. The third-order valence-corrected chi connectivity index (χ3v) is 4.00. The fraction of sp³-hybridized carbons (Fsp3) is 0.417. The summed E-state index contributed by atoms with van der Waals surface area (Å²) in [5, 5.41) is 8.85. The van der Waals surface area contributed by atoms with E-state index in [1.165, 1.54) is 32.4 Å². The minimum absolute atomic E-state index is 0.0317. The lowest BCUT2D eigenvalue weighted by Crippen LogP contribution is -2.35. The molecule has 0 fully saturated rings. The summed E-state index contributed by atoms with van der Waals surface area (Å²) in [5.74, 6) is -1.18. The van der Waals surface area contributed by atoms with Crippen LogP contribution in [0.1, 0.15) is 10.4 Å². The number of aromatic carboxylic acids is 1. The van der Waals surface area contributed by atoms with Crippen LogP contribution in [0.4, 0.5) is 0 Å². The number of carboxylic acids is 1. The molecule has 2 N–H and O–H groups in total. The summed E-state index contributed by atoms with van der Waals surface area (Å²) in [6.45, 7) is 0.276. The number of benzene rings is 1. The molecule has 1 atom stereocenters. The maximum absolute atomic E-state index is 12.0. The van der Waals surface area contributed by atoms with Gasteiger partial charge in [-0.1, -0.05) is 6.07 Å². The maximum atomic E-state index is 12.0. The van der Waals surface area contributed by atoms with Crippen LogP contribution in [0.25, 0.3) is 0 Å². The lowest BCUT2D eigenvalue weighted by Gasteiger charge is -2.15. The third-order valence-electron chi connectivity index (χ3n) is 2.58. The number of carbonyl (C=O) groups is 1.